The zero-order chi connectivity index (χ0) is 42.8. The lowest BCUT2D eigenvalue weighted by Gasteiger charge is -2.26. The molecule has 13 aromatic rings. The number of fused-ring (bicyclic) bond motifs is 10. The molecule has 3 nitrogen and oxygen atoms in total. The van der Waals surface area contributed by atoms with Gasteiger partial charge in [0.05, 0.1) is 0 Å². The lowest BCUT2D eigenvalue weighted by Crippen LogP contribution is -2.09. The van der Waals surface area contributed by atoms with Crippen LogP contribution in [0.4, 0.5) is 17.1 Å². The monoisotopic (exact) mass is 829 g/mol. The van der Waals surface area contributed by atoms with Crippen molar-refractivity contribution in [3.05, 3.63) is 237 Å². The van der Waals surface area contributed by atoms with Crippen LogP contribution >= 0.6 is 0 Å². The van der Waals surface area contributed by atoms with Crippen molar-refractivity contribution < 1.29 is 8.83 Å². The van der Waals surface area contributed by atoms with Gasteiger partial charge in [0.1, 0.15) is 22.5 Å². The minimum Gasteiger partial charge on any atom is -0.456 e. The van der Waals surface area contributed by atoms with Gasteiger partial charge in [-0.1, -0.05) is 182 Å². The largest absolute Gasteiger partial charge is 0.456 e. The predicted molar refractivity (Wildman–Crippen MR) is 272 cm³/mol. The zero-order valence-corrected chi connectivity index (χ0v) is 35.3. The van der Waals surface area contributed by atoms with Crippen molar-refractivity contribution in [3.8, 4) is 44.7 Å². The fraction of sp³-hybridized carbons (Fsp3) is 0. The van der Waals surface area contributed by atoms with E-state index in [2.05, 4.69) is 229 Å². The second-order valence-corrected chi connectivity index (χ2v) is 16.8. The van der Waals surface area contributed by atoms with Crippen LogP contribution < -0.4 is 4.90 Å². The van der Waals surface area contributed by atoms with E-state index in [0.717, 1.165) is 94.3 Å². The van der Waals surface area contributed by atoms with Gasteiger partial charge in [-0.05, 0) is 103 Å². The van der Waals surface area contributed by atoms with Crippen molar-refractivity contribution in [2.75, 3.05) is 4.90 Å². The SMILES string of the molecule is c1ccc(-c2oc3c4ccccc4c4ccc(-c5ccc(N(c6ccc(-c7cccc8ccccc78)cc6)c6ccc7c(c6)oc6ccccc67)cc5)cc4c3c2-c2ccccc2)cc1. The Labute approximate surface area is 375 Å². The summed E-state index contributed by atoms with van der Waals surface area (Å²) in [6.07, 6.45) is 0. The van der Waals surface area contributed by atoms with Crippen LogP contribution in [0.3, 0.4) is 0 Å². The topological polar surface area (TPSA) is 29.5 Å². The number of nitrogens with zero attached hydrogens (tertiary/aromatic N) is 1. The summed E-state index contributed by atoms with van der Waals surface area (Å²) in [5, 5.41) is 10.5. The number of hydrogen-bond donors (Lipinski definition) is 0. The minimum atomic E-state index is 0.859. The normalized spacial score (nSPS) is 11.7. The summed E-state index contributed by atoms with van der Waals surface area (Å²) in [5.41, 5.74) is 13.7. The lowest BCUT2D eigenvalue weighted by molar-refractivity contribution is 0.636. The van der Waals surface area contributed by atoms with Gasteiger partial charge in [-0.25, -0.2) is 0 Å². The number of furan rings is 2. The molecule has 0 N–H and O–H groups in total. The molecule has 0 spiro atoms. The number of rotatable bonds is 7. The molecule has 304 valence electrons. The van der Waals surface area contributed by atoms with Crippen molar-refractivity contribution in [1.82, 2.24) is 0 Å². The third-order valence-corrected chi connectivity index (χ3v) is 13.1. The molecule has 0 radical (unpaired) electrons. The number of hydrogen-bond acceptors (Lipinski definition) is 3. The highest BCUT2D eigenvalue weighted by molar-refractivity contribution is 6.29. The minimum absolute atomic E-state index is 0.859. The van der Waals surface area contributed by atoms with Crippen LogP contribution in [0.1, 0.15) is 0 Å². The summed E-state index contributed by atoms with van der Waals surface area (Å²) >= 11 is 0. The summed E-state index contributed by atoms with van der Waals surface area (Å²) in [6, 6.07) is 84.5. The molecule has 0 aliphatic carbocycles. The molecule has 0 fully saturated rings. The highest BCUT2D eigenvalue weighted by atomic mass is 16.3. The summed E-state index contributed by atoms with van der Waals surface area (Å²) in [6.45, 7) is 0. The van der Waals surface area contributed by atoms with Gasteiger partial charge >= 0.3 is 0 Å². The van der Waals surface area contributed by atoms with Crippen molar-refractivity contribution in [1.29, 1.82) is 0 Å². The van der Waals surface area contributed by atoms with Crippen LogP contribution in [0.15, 0.2) is 245 Å². The molecular weight excluding hydrogens is 791 g/mol. The van der Waals surface area contributed by atoms with Crippen LogP contribution in [0, 0.1) is 0 Å². The van der Waals surface area contributed by atoms with E-state index < -0.39 is 0 Å². The van der Waals surface area contributed by atoms with Crippen molar-refractivity contribution >= 4 is 82.3 Å². The van der Waals surface area contributed by atoms with E-state index in [0.29, 0.717) is 0 Å². The maximum atomic E-state index is 7.02. The molecule has 0 saturated heterocycles. The smallest absolute Gasteiger partial charge is 0.143 e. The second kappa shape index (κ2) is 15.0. The average molecular weight is 830 g/mol. The molecular formula is C62H39NO2. The zero-order valence-electron chi connectivity index (χ0n) is 35.3. The molecule has 0 amide bonds. The highest BCUT2D eigenvalue weighted by Crippen LogP contribution is 2.48. The number of benzene rings is 11. The van der Waals surface area contributed by atoms with E-state index >= 15 is 0 Å². The van der Waals surface area contributed by atoms with Crippen molar-refractivity contribution in [2.45, 2.75) is 0 Å². The number of anilines is 3. The predicted octanol–water partition coefficient (Wildman–Crippen LogP) is 17.9. The van der Waals surface area contributed by atoms with E-state index in [1.165, 1.54) is 32.7 Å². The fourth-order valence-corrected chi connectivity index (χ4v) is 10.0. The van der Waals surface area contributed by atoms with Gasteiger partial charge in [0.15, 0.2) is 0 Å². The first-order valence-corrected chi connectivity index (χ1v) is 22.2. The third kappa shape index (κ3) is 6.12. The molecule has 65 heavy (non-hydrogen) atoms. The maximum absolute atomic E-state index is 7.02. The van der Waals surface area contributed by atoms with Crippen LogP contribution in [0.5, 0.6) is 0 Å². The molecule has 0 unspecified atom stereocenters. The maximum Gasteiger partial charge on any atom is 0.143 e. The first kappa shape index (κ1) is 36.9. The van der Waals surface area contributed by atoms with Crippen molar-refractivity contribution in [2.24, 2.45) is 0 Å². The van der Waals surface area contributed by atoms with E-state index in [9.17, 15) is 0 Å². The van der Waals surface area contributed by atoms with Gasteiger partial charge in [0.25, 0.3) is 0 Å². The van der Waals surface area contributed by atoms with Gasteiger partial charge in [-0.3, -0.25) is 0 Å². The van der Waals surface area contributed by atoms with Crippen LogP contribution in [0.2, 0.25) is 0 Å². The molecule has 0 aliphatic rings. The molecule has 2 aromatic heterocycles. The van der Waals surface area contributed by atoms with Gasteiger partial charge in [-0.2, -0.15) is 0 Å². The van der Waals surface area contributed by atoms with Crippen LogP contribution in [0.25, 0.3) is 110 Å². The standard InChI is InChI=1S/C62H39NO2/c1-3-15-43(16-4-1)59-60-56-38-45(30-36-52(56)51-21-9-10-23-55(51)62(60)65-61(59)44-17-5-2-6-18-44)40-26-31-46(32-27-40)63(48-35-37-54-53-22-11-12-25-57(53)64-58(54)39-48)47-33-28-42(29-34-47)50-24-13-19-41-14-7-8-20-49(41)50/h1-39H. The van der Waals surface area contributed by atoms with E-state index in [4.69, 9.17) is 8.83 Å². The van der Waals surface area contributed by atoms with Crippen LogP contribution in [-0.4, -0.2) is 0 Å². The Kier molecular flexibility index (Phi) is 8.53. The Morgan fingerprint density at radius 2 is 0.846 bits per heavy atom. The van der Waals surface area contributed by atoms with E-state index in [-0.39, 0.29) is 0 Å². The summed E-state index contributed by atoms with van der Waals surface area (Å²) < 4.78 is 13.4. The van der Waals surface area contributed by atoms with Gasteiger partial charge < -0.3 is 13.7 Å². The first-order valence-electron chi connectivity index (χ1n) is 22.2. The average Bonchev–Trinajstić information content (AvgIpc) is 3.97. The fourth-order valence-electron chi connectivity index (χ4n) is 10.0. The molecule has 2 heterocycles. The lowest BCUT2D eigenvalue weighted by atomic mass is 9.90. The molecule has 13 rings (SSSR count). The van der Waals surface area contributed by atoms with Crippen LogP contribution in [-0.2, 0) is 0 Å². The molecule has 0 saturated carbocycles. The van der Waals surface area contributed by atoms with E-state index in [1.807, 2.05) is 12.1 Å². The van der Waals surface area contributed by atoms with Gasteiger partial charge in [-0.15, -0.1) is 0 Å². The second-order valence-electron chi connectivity index (χ2n) is 16.8. The molecule has 0 bridgehead atoms. The Hall–Kier alpha value is -8.66. The van der Waals surface area contributed by atoms with Crippen molar-refractivity contribution in [3.63, 3.8) is 0 Å². The van der Waals surface area contributed by atoms with Gasteiger partial charge in [0, 0.05) is 55.8 Å². The first-order chi connectivity index (χ1) is 32.2. The molecule has 11 aromatic carbocycles. The summed E-state index contributed by atoms with van der Waals surface area (Å²) in [7, 11) is 0. The van der Waals surface area contributed by atoms with Gasteiger partial charge in [0.2, 0.25) is 0 Å². The Balaban J connectivity index is 0.959. The Morgan fingerprint density at radius 1 is 0.292 bits per heavy atom. The van der Waals surface area contributed by atoms with E-state index in [1.54, 1.807) is 0 Å². The number of para-hydroxylation sites is 1. The Morgan fingerprint density at radius 3 is 1.62 bits per heavy atom. The quantitative estimate of drug-likeness (QED) is 0.150. The molecule has 0 atom stereocenters. The Bertz CT molecular complexity index is 3910. The third-order valence-electron chi connectivity index (χ3n) is 13.1. The summed E-state index contributed by atoms with van der Waals surface area (Å²) in [4.78, 5) is 2.32. The summed E-state index contributed by atoms with van der Waals surface area (Å²) in [5.74, 6) is 0.880. The highest BCUT2D eigenvalue weighted by Gasteiger charge is 2.23. The molecule has 3 heteroatoms. The molecule has 0 aliphatic heterocycles.